The van der Waals surface area contributed by atoms with E-state index in [-0.39, 0.29) is 0 Å². The molecular weight excluding hydrogens is 186 g/mol. The van der Waals surface area contributed by atoms with Gasteiger partial charge in [-0.3, -0.25) is 0 Å². The number of benzene rings is 1. The lowest BCUT2D eigenvalue weighted by molar-refractivity contribution is 0.869. The van der Waals surface area contributed by atoms with E-state index < -0.39 is 0 Å². The molecule has 2 aromatic rings. The molecule has 0 radical (unpaired) electrons. The second-order valence-corrected chi connectivity index (χ2v) is 3.72. The SMILES string of the molecule is Cc1cccc(-n2cc(CN)cn2)c1C. The predicted molar refractivity (Wildman–Crippen MR) is 60.9 cm³/mol. The first-order valence-electron chi connectivity index (χ1n) is 5.02. The number of hydrogen-bond acceptors (Lipinski definition) is 2. The second kappa shape index (κ2) is 3.87. The van der Waals surface area contributed by atoms with Crippen LogP contribution in [0.15, 0.2) is 30.6 Å². The first kappa shape index (κ1) is 9.93. The molecule has 1 aromatic heterocycles. The van der Waals surface area contributed by atoms with Crippen molar-refractivity contribution < 1.29 is 0 Å². The molecule has 0 saturated carbocycles. The highest BCUT2D eigenvalue weighted by molar-refractivity contribution is 5.44. The van der Waals surface area contributed by atoms with Gasteiger partial charge in [0.25, 0.3) is 0 Å². The Morgan fingerprint density at radius 1 is 1.33 bits per heavy atom. The first-order valence-corrected chi connectivity index (χ1v) is 5.02. The molecule has 0 saturated heterocycles. The van der Waals surface area contributed by atoms with Gasteiger partial charge in [-0.15, -0.1) is 0 Å². The normalized spacial score (nSPS) is 10.6. The monoisotopic (exact) mass is 201 g/mol. The van der Waals surface area contributed by atoms with E-state index in [9.17, 15) is 0 Å². The summed E-state index contributed by atoms with van der Waals surface area (Å²) in [5, 5.41) is 4.30. The third-order valence-corrected chi connectivity index (χ3v) is 2.69. The molecule has 15 heavy (non-hydrogen) atoms. The number of nitrogens with zero attached hydrogens (tertiary/aromatic N) is 2. The third kappa shape index (κ3) is 1.78. The quantitative estimate of drug-likeness (QED) is 0.807. The van der Waals surface area contributed by atoms with Gasteiger partial charge < -0.3 is 5.73 Å². The summed E-state index contributed by atoms with van der Waals surface area (Å²) < 4.78 is 1.88. The summed E-state index contributed by atoms with van der Waals surface area (Å²) in [5.41, 5.74) is 10.3. The molecule has 0 amide bonds. The molecule has 2 rings (SSSR count). The zero-order chi connectivity index (χ0) is 10.8. The van der Waals surface area contributed by atoms with E-state index >= 15 is 0 Å². The molecule has 1 heterocycles. The minimum Gasteiger partial charge on any atom is -0.326 e. The summed E-state index contributed by atoms with van der Waals surface area (Å²) in [6.07, 6.45) is 3.78. The number of nitrogens with two attached hydrogens (primary N) is 1. The average molecular weight is 201 g/mol. The average Bonchev–Trinajstić information content (AvgIpc) is 2.70. The molecule has 1 aromatic carbocycles. The number of aryl methyl sites for hydroxylation is 1. The van der Waals surface area contributed by atoms with Crippen LogP contribution in [0.1, 0.15) is 16.7 Å². The zero-order valence-corrected chi connectivity index (χ0v) is 9.07. The Morgan fingerprint density at radius 2 is 2.13 bits per heavy atom. The summed E-state index contributed by atoms with van der Waals surface area (Å²) >= 11 is 0. The summed E-state index contributed by atoms with van der Waals surface area (Å²) in [6, 6.07) is 6.21. The lowest BCUT2D eigenvalue weighted by Crippen LogP contribution is -1.99. The summed E-state index contributed by atoms with van der Waals surface area (Å²) in [6.45, 7) is 4.74. The van der Waals surface area contributed by atoms with Crippen LogP contribution in [0.2, 0.25) is 0 Å². The van der Waals surface area contributed by atoms with Crippen molar-refractivity contribution in [3.8, 4) is 5.69 Å². The Labute approximate surface area is 89.5 Å². The van der Waals surface area contributed by atoms with E-state index in [1.807, 2.05) is 23.1 Å². The van der Waals surface area contributed by atoms with E-state index in [0.717, 1.165) is 11.3 Å². The summed E-state index contributed by atoms with van der Waals surface area (Å²) in [7, 11) is 0. The van der Waals surface area contributed by atoms with Crippen LogP contribution in [0.5, 0.6) is 0 Å². The molecule has 0 atom stereocenters. The van der Waals surface area contributed by atoms with Crippen molar-refractivity contribution in [3.63, 3.8) is 0 Å². The number of rotatable bonds is 2. The molecular formula is C12H15N3. The molecule has 0 unspecified atom stereocenters. The van der Waals surface area contributed by atoms with Gasteiger partial charge in [-0.25, -0.2) is 4.68 Å². The molecule has 78 valence electrons. The van der Waals surface area contributed by atoms with Crippen molar-refractivity contribution in [2.75, 3.05) is 0 Å². The Hall–Kier alpha value is -1.61. The van der Waals surface area contributed by atoms with Gasteiger partial charge in [-0.2, -0.15) is 5.10 Å². The Kier molecular flexibility index (Phi) is 2.56. The van der Waals surface area contributed by atoms with Crippen LogP contribution in [0, 0.1) is 13.8 Å². The molecule has 0 aliphatic heterocycles. The minimum atomic E-state index is 0.533. The number of hydrogen-bond donors (Lipinski definition) is 1. The van der Waals surface area contributed by atoms with Crippen molar-refractivity contribution >= 4 is 0 Å². The van der Waals surface area contributed by atoms with Crippen LogP contribution in [0.4, 0.5) is 0 Å². The lowest BCUT2D eigenvalue weighted by atomic mass is 10.1. The topological polar surface area (TPSA) is 43.8 Å². The van der Waals surface area contributed by atoms with Gasteiger partial charge in [0.15, 0.2) is 0 Å². The highest BCUT2D eigenvalue weighted by Crippen LogP contribution is 2.16. The lowest BCUT2D eigenvalue weighted by Gasteiger charge is -2.07. The summed E-state index contributed by atoms with van der Waals surface area (Å²) in [5.74, 6) is 0. The van der Waals surface area contributed by atoms with Crippen LogP contribution in [-0.2, 0) is 6.54 Å². The van der Waals surface area contributed by atoms with Crippen molar-refractivity contribution in [2.24, 2.45) is 5.73 Å². The largest absolute Gasteiger partial charge is 0.326 e. The minimum absolute atomic E-state index is 0.533. The molecule has 2 N–H and O–H groups in total. The van der Waals surface area contributed by atoms with Crippen molar-refractivity contribution in [3.05, 3.63) is 47.3 Å². The van der Waals surface area contributed by atoms with Gasteiger partial charge in [0.05, 0.1) is 11.9 Å². The van der Waals surface area contributed by atoms with E-state index in [2.05, 4.69) is 31.1 Å². The maximum Gasteiger partial charge on any atom is 0.0677 e. The van der Waals surface area contributed by atoms with Gasteiger partial charge in [0.2, 0.25) is 0 Å². The maximum atomic E-state index is 5.56. The fourth-order valence-corrected chi connectivity index (χ4v) is 1.58. The van der Waals surface area contributed by atoms with E-state index in [1.165, 1.54) is 11.1 Å². The molecule has 0 spiro atoms. The Morgan fingerprint density at radius 3 is 2.80 bits per heavy atom. The highest BCUT2D eigenvalue weighted by atomic mass is 15.3. The van der Waals surface area contributed by atoms with Crippen LogP contribution < -0.4 is 5.73 Å². The standard InChI is InChI=1S/C12H15N3/c1-9-4-3-5-12(10(9)2)15-8-11(6-13)7-14-15/h3-5,7-8H,6,13H2,1-2H3. The summed E-state index contributed by atoms with van der Waals surface area (Å²) in [4.78, 5) is 0. The van der Waals surface area contributed by atoms with E-state index in [0.29, 0.717) is 6.54 Å². The second-order valence-electron chi connectivity index (χ2n) is 3.72. The van der Waals surface area contributed by atoms with Crippen LogP contribution >= 0.6 is 0 Å². The van der Waals surface area contributed by atoms with Gasteiger partial charge in [-0.05, 0) is 31.0 Å². The van der Waals surface area contributed by atoms with Gasteiger partial charge >= 0.3 is 0 Å². The van der Waals surface area contributed by atoms with Crippen LogP contribution in [-0.4, -0.2) is 9.78 Å². The molecule has 0 fully saturated rings. The molecule has 0 aliphatic carbocycles. The molecule has 3 heteroatoms. The van der Waals surface area contributed by atoms with Crippen molar-refractivity contribution in [1.82, 2.24) is 9.78 Å². The smallest absolute Gasteiger partial charge is 0.0677 e. The third-order valence-electron chi connectivity index (χ3n) is 2.69. The molecule has 3 nitrogen and oxygen atoms in total. The number of aromatic nitrogens is 2. The van der Waals surface area contributed by atoms with E-state index in [4.69, 9.17) is 5.73 Å². The van der Waals surface area contributed by atoms with Crippen LogP contribution in [0.3, 0.4) is 0 Å². The predicted octanol–water partition coefficient (Wildman–Crippen LogP) is 1.95. The fraction of sp³-hybridized carbons (Fsp3) is 0.250. The van der Waals surface area contributed by atoms with Gasteiger partial charge in [-0.1, -0.05) is 12.1 Å². The Bertz CT molecular complexity index is 471. The Balaban J connectivity index is 2.49. The van der Waals surface area contributed by atoms with E-state index in [1.54, 1.807) is 0 Å². The first-order chi connectivity index (χ1) is 7.22. The van der Waals surface area contributed by atoms with Crippen molar-refractivity contribution in [1.29, 1.82) is 0 Å². The highest BCUT2D eigenvalue weighted by Gasteiger charge is 2.04. The molecule has 0 aliphatic rings. The van der Waals surface area contributed by atoms with Crippen LogP contribution in [0.25, 0.3) is 5.69 Å². The molecule has 0 bridgehead atoms. The zero-order valence-electron chi connectivity index (χ0n) is 9.07. The van der Waals surface area contributed by atoms with Crippen molar-refractivity contribution in [2.45, 2.75) is 20.4 Å². The maximum absolute atomic E-state index is 5.56. The van der Waals surface area contributed by atoms with Gasteiger partial charge in [0, 0.05) is 18.3 Å². The fourth-order valence-electron chi connectivity index (χ4n) is 1.58. The van der Waals surface area contributed by atoms with Gasteiger partial charge in [0.1, 0.15) is 0 Å².